The van der Waals surface area contributed by atoms with Crippen LogP contribution in [0.3, 0.4) is 0 Å². The fourth-order valence-electron chi connectivity index (χ4n) is 0.827. The molecule has 0 aliphatic rings. The lowest BCUT2D eigenvalue weighted by molar-refractivity contribution is 0.0533. The topological polar surface area (TPSA) is 38.3 Å². The van der Waals surface area contributed by atoms with Crippen LogP contribution in [0.4, 0.5) is 4.39 Å². The molecular weight excluding hydrogens is 241 g/mol. The normalized spacial score (nSPS) is 9.77. The van der Waals surface area contributed by atoms with Crippen molar-refractivity contribution in [3.8, 4) is 0 Å². The number of carbonyl (C=O) groups excluding carboxylic acids is 1. The third-order valence-electron chi connectivity index (χ3n) is 1.39. The fourth-order valence-corrected chi connectivity index (χ4v) is 1.19. The third-order valence-corrected chi connectivity index (χ3v) is 2.00. The van der Waals surface area contributed by atoms with Crippen LogP contribution in [-0.4, -0.2) is 13.0 Å². The smallest absolute Gasteiger partial charge is 0.277 e. The van der Waals surface area contributed by atoms with E-state index < -0.39 is 11.7 Å². The van der Waals surface area contributed by atoms with Crippen LogP contribution in [0.1, 0.15) is 10.4 Å². The second-order valence-corrected chi connectivity index (χ2v) is 3.09. The molecule has 0 atom stereocenters. The molecule has 0 aliphatic heterocycles. The molecule has 0 heterocycles. The number of benzene rings is 1. The first-order valence-corrected chi connectivity index (χ1v) is 4.23. The van der Waals surface area contributed by atoms with E-state index in [1.54, 1.807) is 6.07 Å². The molecule has 1 N–H and O–H groups in total. The molecule has 3 nitrogen and oxygen atoms in total. The summed E-state index contributed by atoms with van der Waals surface area (Å²) < 4.78 is 13.5. The van der Waals surface area contributed by atoms with Crippen molar-refractivity contribution in [2.45, 2.75) is 0 Å². The highest BCUT2D eigenvalue weighted by molar-refractivity contribution is 9.10. The molecule has 1 amide bonds. The molecule has 0 unspecified atom stereocenters. The Morgan fingerprint density at radius 2 is 2.31 bits per heavy atom. The average molecular weight is 248 g/mol. The van der Waals surface area contributed by atoms with E-state index in [1.165, 1.54) is 19.2 Å². The van der Waals surface area contributed by atoms with E-state index in [9.17, 15) is 9.18 Å². The van der Waals surface area contributed by atoms with Crippen molar-refractivity contribution in [1.82, 2.24) is 5.48 Å². The summed E-state index contributed by atoms with van der Waals surface area (Å²) in [4.78, 5) is 15.5. The second kappa shape index (κ2) is 4.34. The zero-order valence-electron chi connectivity index (χ0n) is 6.80. The first-order valence-electron chi connectivity index (χ1n) is 3.44. The minimum Gasteiger partial charge on any atom is -0.277 e. The van der Waals surface area contributed by atoms with Crippen LogP contribution in [0.15, 0.2) is 22.7 Å². The standard InChI is InChI=1S/C8H7BrFNO2/c1-13-11-8(12)5-3-2-4-6(9)7(5)10/h2-4H,1H3,(H,11,12). The summed E-state index contributed by atoms with van der Waals surface area (Å²) in [5.74, 6) is -1.21. The predicted octanol–water partition coefficient (Wildman–Crippen LogP) is 1.88. The molecule has 0 bridgehead atoms. The van der Waals surface area contributed by atoms with E-state index in [1.807, 2.05) is 5.48 Å². The van der Waals surface area contributed by atoms with E-state index in [-0.39, 0.29) is 10.0 Å². The van der Waals surface area contributed by atoms with Crippen LogP contribution in [0, 0.1) is 5.82 Å². The lowest BCUT2D eigenvalue weighted by Crippen LogP contribution is -2.22. The van der Waals surface area contributed by atoms with Gasteiger partial charge >= 0.3 is 0 Å². The van der Waals surface area contributed by atoms with Gasteiger partial charge in [-0.05, 0) is 28.1 Å². The summed E-state index contributed by atoms with van der Waals surface area (Å²) in [6.45, 7) is 0. The maximum atomic E-state index is 13.2. The highest BCUT2D eigenvalue weighted by Gasteiger charge is 2.12. The molecule has 0 saturated carbocycles. The molecule has 0 aromatic heterocycles. The number of carbonyl (C=O) groups is 1. The van der Waals surface area contributed by atoms with Gasteiger partial charge in [-0.25, -0.2) is 9.87 Å². The summed E-state index contributed by atoms with van der Waals surface area (Å²) in [5, 5.41) is 0. The quantitative estimate of drug-likeness (QED) is 0.811. The zero-order valence-corrected chi connectivity index (χ0v) is 8.39. The number of nitrogens with one attached hydrogen (secondary N) is 1. The first-order chi connectivity index (χ1) is 6.16. The molecule has 0 spiro atoms. The Morgan fingerprint density at radius 1 is 1.62 bits per heavy atom. The fraction of sp³-hybridized carbons (Fsp3) is 0.125. The van der Waals surface area contributed by atoms with E-state index in [4.69, 9.17) is 0 Å². The van der Waals surface area contributed by atoms with Gasteiger partial charge in [-0.3, -0.25) is 9.63 Å². The molecule has 5 heteroatoms. The van der Waals surface area contributed by atoms with Gasteiger partial charge in [0.15, 0.2) is 0 Å². The van der Waals surface area contributed by atoms with E-state index in [0.29, 0.717) is 0 Å². The molecular formula is C8H7BrFNO2. The molecule has 0 aliphatic carbocycles. The van der Waals surface area contributed by atoms with Crippen molar-refractivity contribution >= 4 is 21.8 Å². The van der Waals surface area contributed by atoms with Gasteiger partial charge in [0.25, 0.3) is 5.91 Å². The summed E-state index contributed by atoms with van der Waals surface area (Å²) >= 11 is 2.97. The van der Waals surface area contributed by atoms with Crippen molar-refractivity contribution < 1.29 is 14.0 Å². The van der Waals surface area contributed by atoms with Crippen LogP contribution in [0.25, 0.3) is 0 Å². The molecule has 1 aromatic rings. The lowest BCUT2D eigenvalue weighted by Gasteiger charge is -2.03. The van der Waals surface area contributed by atoms with Gasteiger partial charge in [0, 0.05) is 0 Å². The number of amides is 1. The summed E-state index contributed by atoms with van der Waals surface area (Å²) in [7, 11) is 1.29. The zero-order chi connectivity index (χ0) is 9.84. The average Bonchev–Trinajstić information content (AvgIpc) is 2.10. The highest BCUT2D eigenvalue weighted by Crippen LogP contribution is 2.18. The van der Waals surface area contributed by atoms with Gasteiger partial charge in [-0.2, -0.15) is 0 Å². The number of hydroxylamine groups is 1. The Kier molecular flexibility index (Phi) is 3.39. The van der Waals surface area contributed by atoms with Gasteiger partial charge in [0.05, 0.1) is 17.1 Å². The van der Waals surface area contributed by atoms with Crippen molar-refractivity contribution in [1.29, 1.82) is 0 Å². The monoisotopic (exact) mass is 247 g/mol. The van der Waals surface area contributed by atoms with Crippen molar-refractivity contribution in [2.24, 2.45) is 0 Å². The van der Waals surface area contributed by atoms with Gasteiger partial charge < -0.3 is 0 Å². The number of halogens is 2. The lowest BCUT2D eigenvalue weighted by atomic mass is 10.2. The molecule has 0 fully saturated rings. The molecule has 0 radical (unpaired) electrons. The van der Waals surface area contributed by atoms with Crippen molar-refractivity contribution in [2.75, 3.05) is 7.11 Å². The van der Waals surface area contributed by atoms with Gasteiger partial charge in [0.1, 0.15) is 5.82 Å². The minimum atomic E-state index is -0.610. The molecule has 70 valence electrons. The highest BCUT2D eigenvalue weighted by atomic mass is 79.9. The largest absolute Gasteiger partial charge is 0.277 e. The molecule has 0 saturated heterocycles. The van der Waals surface area contributed by atoms with E-state index >= 15 is 0 Å². The van der Waals surface area contributed by atoms with Gasteiger partial charge in [0.2, 0.25) is 0 Å². The summed E-state index contributed by atoms with van der Waals surface area (Å²) in [6.07, 6.45) is 0. The Hall–Kier alpha value is -0.940. The molecule has 1 aromatic carbocycles. The Morgan fingerprint density at radius 3 is 2.92 bits per heavy atom. The van der Waals surface area contributed by atoms with Crippen LogP contribution < -0.4 is 5.48 Å². The Balaban J connectivity index is 3.01. The summed E-state index contributed by atoms with van der Waals surface area (Å²) in [6, 6.07) is 4.45. The SMILES string of the molecule is CONC(=O)c1cccc(Br)c1F. The maximum Gasteiger partial charge on any atom is 0.277 e. The number of hydrogen-bond donors (Lipinski definition) is 1. The molecule has 13 heavy (non-hydrogen) atoms. The Bertz CT molecular complexity index is 330. The van der Waals surface area contributed by atoms with Gasteiger partial charge in [-0.15, -0.1) is 0 Å². The van der Waals surface area contributed by atoms with Crippen LogP contribution >= 0.6 is 15.9 Å². The van der Waals surface area contributed by atoms with Crippen LogP contribution in [-0.2, 0) is 4.84 Å². The molecule has 1 rings (SSSR count). The summed E-state index contributed by atoms with van der Waals surface area (Å²) in [5.41, 5.74) is 1.97. The van der Waals surface area contributed by atoms with Crippen molar-refractivity contribution in [3.05, 3.63) is 34.1 Å². The van der Waals surface area contributed by atoms with Gasteiger partial charge in [-0.1, -0.05) is 6.07 Å². The van der Waals surface area contributed by atoms with E-state index in [0.717, 1.165) is 0 Å². The van der Waals surface area contributed by atoms with Crippen LogP contribution in [0.2, 0.25) is 0 Å². The van der Waals surface area contributed by atoms with Crippen LogP contribution in [0.5, 0.6) is 0 Å². The number of rotatable bonds is 2. The Labute approximate surface area is 83.0 Å². The predicted molar refractivity (Wildman–Crippen MR) is 48.6 cm³/mol. The maximum absolute atomic E-state index is 13.2. The van der Waals surface area contributed by atoms with Crippen molar-refractivity contribution in [3.63, 3.8) is 0 Å². The number of hydrogen-bond acceptors (Lipinski definition) is 2. The van der Waals surface area contributed by atoms with E-state index in [2.05, 4.69) is 20.8 Å². The third kappa shape index (κ3) is 2.26. The second-order valence-electron chi connectivity index (χ2n) is 2.24. The minimum absolute atomic E-state index is 0.0591. The first kappa shape index (κ1) is 10.1.